The fourth-order valence-corrected chi connectivity index (χ4v) is 2.87. The summed E-state index contributed by atoms with van der Waals surface area (Å²) in [5.41, 5.74) is 0.0240. The summed E-state index contributed by atoms with van der Waals surface area (Å²) in [4.78, 5) is 0. The van der Waals surface area contributed by atoms with Crippen LogP contribution in [0.2, 0.25) is 0 Å². The van der Waals surface area contributed by atoms with Gasteiger partial charge in [-0.2, -0.15) is 0 Å². The first-order valence-electron chi connectivity index (χ1n) is 6.67. The predicted octanol–water partition coefficient (Wildman–Crippen LogP) is 3.78. The number of hydrogen-bond donors (Lipinski definition) is 1. The molecule has 96 valence electrons. The van der Waals surface area contributed by atoms with Crippen molar-refractivity contribution in [2.24, 2.45) is 17.8 Å². The van der Waals surface area contributed by atoms with Crippen LogP contribution in [0.1, 0.15) is 53.9 Å². The number of hydrogen-bond acceptors (Lipinski definition) is 1. The molecule has 1 nitrogen and oxygen atoms in total. The number of rotatable bonds is 3. The zero-order valence-corrected chi connectivity index (χ0v) is 11.5. The number of halogens is 1. The lowest BCUT2D eigenvalue weighted by Crippen LogP contribution is -2.42. The molecule has 0 aromatic rings. The van der Waals surface area contributed by atoms with Crippen molar-refractivity contribution in [1.29, 1.82) is 0 Å². The SMILES string of the molecule is CC1CC(C)CC(C(F)CNC(C)(C)C)C1. The van der Waals surface area contributed by atoms with E-state index in [2.05, 4.69) is 39.9 Å². The second-order valence-corrected chi connectivity index (χ2v) is 6.82. The summed E-state index contributed by atoms with van der Waals surface area (Å²) in [7, 11) is 0. The molecule has 0 aromatic carbocycles. The smallest absolute Gasteiger partial charge is 0.115 e. The predicted molar refractivity (Wildman–Crippen MR) is 68.3 cm³/mol. The highest BCUT2D eigenvalue weighted by Gasteiger charge is 2.30. The van der Waals surface area contributed by atoms with Crippen molar-refractivity contribution in [1.82, 2.24) is 5.32 Å². The molecule has 16 heavy (non-hydrogen) atoms. The van der Waals surface area contributed by atoms with Gasteiger partial charge in [-0.05, 0) is 57.8 Å². The first-order chi connectivity index (χ1) is 7.28. The van der Waals surface area contributed by atoms with Crippen LogP contribution >= 0.6 is 0 Å². The van der Waals surface area contributed by atoms with Crippen LogP contribution in [-0.2, 0) is 0 Å². The minimum absolute atomic E-state index is 0.0240. The fourth-order valence-electron chi connectivity index (χ4n) is 2.87. The van der Waals surface area contributed by atoms with Crippen LogP contribution in [0.3, 0.4) is 0 Å². The molecule has 0 spiro atoms. The molecule has 1 N–H and O–H groups in total. The first-order valence-corrected chi connectivity index (χ1v) is 6.67. The van der Waals surface area contributed by atoms with Crippen LogP contribution in [-0.4, -0.2) is 18.3 Å². The number of alkyl halides is 1. The van der Waals surface area contributed by atoms with Gasteiger partial charge >= 0.3 is 0 Å². The topological polar surface area (TPSA) is 12.0 Å². The van der Waals surface area contributed by atoms with Crippen molar-refractivity contribution in [2.75, 3.05) is 6.54 Å². The molecular weight excluding hydrogens is 201 g/mol. The van der Waals surface area contributed by atoms with Gasteiger partial charge in [0.2, 0.25) is 0 Å². The molecule has 1 aliphatic rings. The van der Waals surface area contributed by atoms with Crippen LogP contribution < -0.4 is 5.32 Å². The third-order valence-electron chi connectivity index (χ3n) is 3.55. The number of nitrogens with one attached hydrogen (secondary N) is 1. The Morgan fingerprint density at radius 3 is 2.06 bits per heavy atom. The molecule has 0 radical (unpaired) electrons. The zero-order valence-electron chi connectivity index (χ0n) is 11.5. The first kappa shape index (κ1) is 14.0. The van der Waals surface area contributed by atoms with Crippen molar-refractivity contribution < 1.29 is 4.39 Å². The van der Waals surface area contributed by atoms with E-state index in [0.717, 1.165) is 12.8 Å². The lowest BCUT2D eigenvalue weighted by Gasteiger charge is -2.34. The zero-order chi connectivity index (χ0) is 12.3. The summed E-state index contributed by atoms with van der Waals surface area (Å²) in [5.74, 6) is 1.66. The van der Waals surface area contributed by atoms with Crippen LogP contribution in [0.25, 0.3) is 0 Å². The van der Waals surface area contributed by atoms with Crippen molar-refractivity contribution in [3.8, 4) is 0 Å². The highest BCUT2D eigenvalue weighted by molar-refractivity contribution is 4.82. The van der Waals surface area contributed by atoms with Crippen molar-refractivity contribution >= 4 is 0 Å². The Hall–Kier alpha value is -0.110. The Kier molecular flexibility index (Phi) is 4.78. The van der Waals surface area contributed by atoms with Crippen molar-refractivity contribution in [3.63, 3.8) is 0 Å². The van der Waals surface area contributed by atoms with Gasteiger partial charge in [0.25, 0.3) is 0 Å². The summed E-state index contributed by atoms with van der Waals surface area (Å²) >= 11 is 0. The lowest BCUT2D eigenvalue weighted by molar-refractivity contribution is 0.117. The van der Waals surface area contributed by atoms with E-state index in [1.807, 2.05) is 0 Å². The Morgan fingerprint density at radius 2 is 1.62 bits per heavy atom. The van der Waals surface area contributed by atoms with Gasteiger partial charge in [0.05, 0.1) is 0 Å². The molecule has 0 aromatic heterocycles. The molecular formula is C14H28FN. The Bertz CT molecular complexity index is 199. The van der Waals surface area contributed by atoms with Gasteiger partial charge in [-0.3, -0.25) is 0 Å². The van der Waals surface area contributed by atoms with Gasteiger partial charge in [-0.1, -0.05) is 13.8 Å². The third kappa shape index (κ3) is 4.82. The van der Waals surface area contributed by atoms with Gasteiger partial charge in [-0.15, -0.1) is 0 Å². The molecule has 1 rings (SSSR count). The summed E-state index contributed by atoms with van der Waals surface area (Å²) in [6.45, 7) is 11.3. The fraction of sp³-hybridized carbons (Fsp3) is 1.00. The van der Waals surface area contributed by atoms with Gasteiger partial charge < -0.3 is 5.32 Å². The minimum Gasteiger partial charge on any atom is -0.309 e. The minimum atomic E-state index is -0.676. The van der Waals surface area contributed by atoms with E-state index in [0.29, 0.717) is 18.4 Å². The maximum Gasteiger partial charge on any atom is 0.115 e. The van der Waals surface area contributed by atoms with E-state index in [1.165, 1.54) is 6.42 Å². The van der Waals surface area contributed by atoms with E-state index in [4.69, 9.17) is 0 Å². The van der Waals surface area contributed by atoms with Crippen LogP contribution in [0, 0.1) is 17.8 Å². The second kappa shape index (κ2) is 5.48. The molecule has 0 heterocycles. The van der Waals surface area contributed by atoms with E-state index >= 15 is 0 Å². The van der Waals surface area contributed by atoms with Crippen molar-refractivity contribution in [2.45, 2.75) is 65.6 Å². The summed E-state index contributed by atoms with van der Waals surface area (Å²) in [6.07, 6.45) is 2.73. The summed E-state index contributed by atoms with van der Waals surface area (Å²) in [5, 5.41) is 3.27. The molecule has 1 fully saturated rings. The standard InChI is InChI=1S/C14H28FN/c1-10-6-11(2)8-12(7-10)13(15)9-16-14(3,4)5/h10-13,16H,6-9H2,1-5H3. The van der Waals surface area contributed by atoms with Crippen LogP contribution in [0.15, 0.2) is 0 Å². The molecule has 2 heteroatoms. The summed E-state index contributed by atoms with van der Waals surface area (Å²) in [6, 6.07) is 0. The van der Waals surface area contributed by atoms with Crippen molar-refractivity contribution in [3.05, 3.63) is 0 Å². The maximum absolute atomic E-state index is 14.1. The highest BCUT2D eigenvalue weighted by atomic mass is 19.1. The average Bonchev–Trinajstić information content (AvgIpc) is 2.11. The van der Waals surface area contributed by atoms with Crippen LogP contribution in [0.4, 0.5) is 4.39 Å². The summed E-state index contributed by atoms with van der Waals surface area (Å²) < 4.78 is 14.1. The molecule has 3 atom stereocenters. The molecule has 1 saturated carbocycles. The third-order valence-corrected chi connectivity index (χ3v) is 3.55. The van der Waals surface area contributed by atoms with Gasteiger partial charge in [0.1, 0.15) is 6.17 Å². The molecule has 0 bridgehead atoms. The van der Waals surface area contributed by atoms with E-state index < -0.39 is 6.17 Å². The largest absolute Gasteiger partial charge is 0.309 e. The van der Waals surface area contributed by atoms with E-state index in [9.17, 15) is 4.39 Å². The average molecular weight is 229 g/mol. The molecule has 0 amide bonds. The molecule has 3 unspecified atom stereocenters. The van der Waals surface area contributed by atoms with Gasteiger partial charge in [0, 0.05) is 12.1 Å². The lowest BCUT2D eigenvalue weighted by atomic mass is 9.75. The Morgan fingerprint density at radius 1 is 1.12 bits per heavy atom. The molecule has 1 aliphatic carbocycles. The Labute approximate surface area is 100 Å². The van der Waals surface area contributed by atoms with Gasteiger partial charge in [-0.25, -0.2) is 4.39 Å². The molecule has 0 saturated heterocycles. The van der Waals surface area contributed by atoms with Gasteiger partial charge in [0.15, 0.2) is 0 Å². The van der Waals surface area contributed by atoms with Crippen LogP contribution in [0.5, 0.6) is 0 Å². The normalized spacial score (nSPS) is 33.8. The molecule has 0 aliphatic heterocycles. The quantitative estimate of drug-likeness (QED) is 0.776. The maximum atomic E-state index is 14.1. The van der Waals surface area contributed by atoms with E-state index in [1.54, 1.807) is 0 Å². The van der Waals surface area contributed by atoms with E-state index in [-0.39, 0.29) is 11.5 Å². The Balaban J connectivity index is 2.38. The monoisotopic (exact) mass is 229 g/mol. The highest BCUT2D eigenvalue weighted by Crippen LogP contribution is 2.35. The second-order valence-electron chi connectivity index (χ2n) is 6.82.